The Morgan fingerprint density at radius 1 is 1.00 bits per heavy atom. The molecule has 0 unspecified atom stereocenters. The molecule has 0 radical (unpaired) electrons. The topological polar surface area (TPSA) is 43.4 Å². The zero-order valence-electron chi connectivity index (χ0n) is 9.33. The van der Waals surface area contributed by atoms with Crippen LogP contribution in [0.1, 0.15) is 11.3 Å². The number of hydrogen-bond donors (Lipinski definition) is 0. The van der Waals surface area contributed by atoms with Crippen LogP contribution in [-0.4, -0.2) is 0 Å². The second-order valence-electron chi connectivity index (χ2n) is 4.08. The molecule has 0 fully saturated rings. The van der Waals surface area contributed by atoms with Crippen LogP contribution in [0.3, 0.4) is 0 Å². The highest BCUT2D eigenvalue weighted by molar-refractivity contribution is 6.36. The first-order valence-corrected chi connectivity index (χ1v) is 5.57. The highest BCUT2D eigenvalue weighted by atomic mass is 35.5. The van der Waals surface area contributed by atoms with Gasteiger partial charge in [0.15, 0.2) is 5.58 Å². The summed E-state index contributed by atoms with van der Waals surface area (Å²) in [7, 11) is 0. The second-order valence-corrected chi connectivity index (χ2v) is 4.49. The first kappa shape index (κ1) is 10.4. The van der Waals surface area contributed by atoms with E-state index in [1.165, 1.54) is 6.07 Å². The molecule has 0 saturated carbocycles. The van der Waals surface area contributed by atoms with Gasteiger partial charge in [0.05, 0.1) is 10.4 Å². The molecular weight excluding hydrogens is 240 g/mol. The Hall–Kier alpha value is -1.74. The summed E-state index contributed by atoms with van der Waals surface area (Å²) in [5.41, 5.74) is 1.58. The lowest BCUT2D eigenvalue weighted by atomic mass is 10.1. The summed E-state index contributed by atoms with van der Waals surface area (Å²) in [4.78, 5) is 11.4. The van der Waals surface area contributed by atoms with Crippen molar-refractivity contribution in [3.8, 4) is 0 Å². The van der Waals surface area contributed by atoms with Crippen LogP contribution in [0.2, 0.25) is 5.02 Å². The molecular formula is C13H9ClO3. The summed E-state index contributed by atoms with van der Waals surface area (Å²) < 4.78 is 10.7. The van der Waals surface area contributed by atoms with Gasteiger partial charge in [-0.3, -0.25) is 0 Å². The van der Waals surface area contributed by atoms with Gasteiger partial charge < -0.3 is 8.83 Å². The molecule has 3 rings (SSSR count). The molecule has 0 aliphatic rings. The molecule has 2 heterocycles. The van der Waals surface area contributed by atoms with Crippen LogP contribution in [-0.2, 0) is 0 Å². The fourth-order valence-electron chi connectivity index (χ4n) is 2.05. The third-order valence-corrected chi connectivity index (χ3v) is 3.08. The average molecular weight is 249 g/mol. The van der Waals surface area contributed by atoms with Gasteiger partial charge in [-0.05, 0) is 31.5 Å². The van der Waals surface area contributed by atoms with Gasteiger partial charge in [-0.25, -0.2) is 4.79 Å². The van der Waals surface area contributed by atoms with Crippen molar-refractivity contribution in [3.05, 3.63) is 45.0 Å². The van der Waals surface area contributed by atoms with E-state index in [2.05, 4.69) is 0 Å². The minimum atomic E-state index is -0.363. The van der Waals surface area contributed by atoms with E-state index in [1.54, 1.807) is 6.07 Å². The molecule has 3 aromatic rings. The number of hydrogen-bond acceptors (Lipinski definition) is 3. The predicted molar refractivity (Wildman–Crippen MR) is 66.7 cm³/mol. The second kappa shape index (κ2) is 3.37. The van der Waals surface area contributed by atoms with Crippen LogP contribution in [0.4, 0.5) is 0 Å². The maximum atomic E-state index is 11.4. The van der Waals surface area contributed by atoms with Gasteiger partial charge in [0.25, 0.3) is 0 Å². The van der Waals surface area contributed by atoms with Crippen molar-refractivity contribution < 1.29 is 8.83 Å². The van der Waals surface area contributed by atoms with Crippen molar-refractivity contribution >= 4 is 33.5 Å². The minimum Gasteiger partial charge on any atom is -0.460 e. The molecule has 0 N–H and O–H groups in total. The summed E-state index contributed by atoms with van der Waals surface area (Å²) in [6.45, 7) is 3.68. The maximum Gasteiger partial charge on any atom is 0.336 e. The number of aryl methyl sites for hydroxylation is 2. The van der Waals surface area contributed by atoms with Crippen molar-refractivity contribution in [1.82, 2.24) is 0 Å². The van der Waals surface area contributed by atoms with E-state index < -0.39 is 0 Å². The highest BCUT2D eigenvalue weighted by Gasteiger charge is 2.13. The van der Waals surface area contributed by atoms with Crippen molar-refractivity contribution in [2.75, 3.05) is 0 Å². The Kier molecular flexibility index (Phi) is 2.07. The van der Waals surface area contributed by atoms with E-state index >= 15 is 0 Å². The number of rotatable bonds is 0. The molecule has 0 amide bonds. The van der Waals surface area contributed by atoms with Gasteiger partial charge in [-0.15, -0.1) is 0 Å². The van der Waals surface area contributed by atoms with E-state index in [0.717, 1.165) is 22.1 Å². The molecule has 86 valence electrons. The summed E-state index contributed by atoms with van der Waals surface area (Å²) >= 11 is 6.15. The summed E-state index contributed by atoms with van der Waals surface area (Å²) in [5, 5.41) is 2.10. The molecule has 0 atom stereocenters. The summed E-state index contributed by atoms with van der Waals surface area (Å²) in [6.07, 6.45) is 0. The lowest BCUT2D eigenvalue weighted by molar-refractivity contribution is 0.561. The fraction of sp³-hybridized carbons (Fsp3) is 0.154. The first-order chi connectivity index (χ1) is 8.06. The van der Waals surface area contributed by atoms with E-state index in [-0.39, 0.29) is 5.63 Å². The third-order valence-electron chi connectivity index (χ3n) is 2.79. The number of benzene rings is 1. The molecule has 0 spiro atoms. The van der Waals surface area contributed by atoms with Crippen LogP contribution in [0, 0.1) is 13.8 Å². The monoisotopic (exact) mass is 248 g/mol. The van der Waals surface area contributed by atoms with Gasteiger partial charge in [0.1, 0.15) is 11.3 Å². The molecule has 0 aliphatic carbocycles. The Bertz CT molecular complexity index is 796. The van der Waals surface area contributed by atoms with Crippen LogP contribution in [0.15, 0.2) is 31.8 Å². The van der Waals surface area contributed by atoms with Crippen molar-refractivity contribution in [2.45, 2.75) is 13.8 Å². The zero-order chi connectivity index (χ0) is 12.2. The molecule has 2 aromatic heterocycles. The quantitative estimate of drug-likeness (QED) is 0.568. The van der Waals surface area contributed by atoms with Crippen LogP contribution < -0.4 is 5.63 Å². The van der Waals surface area contributed by atoms with E-state index in [9.17, 15) is 4.79 Å². The van der Waals surface area contributed by atoms with Gasteiger partial charge in [0, 0.05) is 11.5 Å². The molecule has 1 aromatic carbocycles. The van der Waals surface area contributed by atoms with Gasteiger partial charge in [-0.1, -0.05) is 11.6 Å². The minimum absolute atomic E-state index is 0.363. The van der Waals surface area contributed by atoms with Crippen molar-refractivity contribution in [2.24, 2.45) is 0 Å². The largest absolute Gasteiger partial charge is 0.460 e. The van der Waals surface area contributed by atoms with E-state index in [1.807, 2.05) is 19.9 Å². The van der Waals surface area contributed by atoms with Gasteiger partial charge >= 0.3 is 5.63 Å². The SMILES string of the molecule is Cc1cc2c(o1)c(Cl)cc1c(C)cc(=O)oc12. The van der Waals surface area contributed by atoms with Crippen molar-refractivity contribution in [1.29, 1.82) is 0 Å². The molecule has 4 heteroatoms. The van der Waals surface area contributed by atoms with E-state index in [0.29, 0.717) is 16.2 Å². The Labute approximate surface area is 102 Å². The number of halogens is 1. The third kappa shape index (κ3) is 1.46. The molecule has 17 heavy (non-hydrogen) atoms. The molecule has 0 saturated heterocycles. The van der Waals surface area contributed by atoms with E-state index in [4.69, 9.17) is 20.4 Å². The van der Waals surface area contributed by atoms with Crippen molar-refractivity contribution in [3.63, 3.8) is 0 Å². The molecule has 0 bridgehead atoms. The normalized spacial score (nSPS) is 11.5. The predicted octanol–water partition coefficient (Wildman–Crippen LogP) is 3.81. The highest BCUT2D eigenvalue weighted by Crippen LogP contribution is 2.34. The van der Waals surface area contributed by atoms with Gasteiger partial charge in [-0.2, -0.15) is 0 Å². The first-order valence-electron chi connectivity index (χ1n) is 5.19. The van der Waals surface area contributed by atoms with Crippen LogP contribution in [0.5, 0.6) is 0 Å². The zero-order valence-corrected chi connectivity index (χ0v) is 10.1. The summed E-state index contributed by atoms with van der Waals surface area (Å²) in [5.74, 6) is 0.735. The summed E-state index contributed by atoms with van der Waals surface area (Å²) in [6, 6.07) is 5.05. The standard InChI is InChI=1S/C13H9ClO3/c1-6-3-11(15)17-12-8(6)5-10(14)13-9(12)4-7(2)16-13/h3-5H,1-2H3. The average Bonchev–Trinajstić information content (AvgIpc) is 2.63. The number of fused-ring (bicyclic) bond motifs is 3. The maximum absolute atomic E-state index is 11.4. The van der Waals surface area contributed by atoms with Crippen LogP contribution >= 0.6 is 11.6 Å². The Balaban J connectivity index is 2.67. The lowest BCUT2D eigenvalue weighted by Gasteiger charge is -2.02. The van der Waals surface area contributed by atoms with Crippen LogP contribution in [0.25, 0.3) is 21.9 Å². The Morgan fingerprint density at radius 2 is 1.76 bits per heavy atom. The van der Waals surface area contributed by atoms with Gasteiger partial charge in [0.2, 0.25) is 0 Å². The fourth-order valence-corrected chi connectivity index (χ4v) is 2.30. The Morgan fingerprint density at radius 3 is 2.53 bits per heavy atom. The lowest BCUT2D eigenvalue weighted by Crippen LogP contribution is -1.97. The molecule has 3 nitrogen and oxygen atoms in total. The molecule has 0 aliphatic heterocycles. The number of furan rings is 1. The smallest absolute Gasteiger partial charge is 0.336 e.